The Morgan fingerprint density at radius 3 is 2.24 bits per heavy atom. The SMILES string of the molecule is O=C(COC(=O)CNC(=O)c1cccc(OC(F)F)c1)Nc1cccc2c1C(=O)c1ccccc1C2=O. The highest BCUT2D eigenvalue weighted by Gasteiger charge is 2.31. The average Bonchev–Trinajstić information content (AvgIpc) is 2.89. The average molecular weight is 508 g/mol. The fraction of sp³-hybridized carbons (Fsp3) is 0.115. The van der Waals surface area contributed by atoms with Gasteiger partial charge in [-0.15, -0.1) is 0 Å². The fourth-order valence-corrected chi connectivity index (χ4v) is 3.70. The number of carbonyl (C=O) groups excluding carboxylic acids is 5. The predicted octanol–water partition coefficient (Wildman–Crippen LogP) is 2.98. The highest BCUT2D eigenvalue weighted by atomic mass is 19.3. The van der Waals surface area contributed by atoms with Crippen molar-refractivity contribution < 1.29 is 42.2 Å². The molecule has 0 fully saturated rings. The quantitative estimate of drug-likeness (QED) is 0.350. The van der Waals surface area contributed by atoms with Crippen molar-refractivity contribution in [1.82, 2.24) is 5.32 Å². The van der Waals surface area contributed by atoms with Gasteiger partial charge in [-0.25, -0.2) is 0 Å². The molecule has 1 aliphatic carbocycles. The van der Waals surface area contributed by atoms with E-state index < -0.39 is 43.3 Å². The minimum absolute atomic E-state index is 0.0293. The molecule has 0 heterocycles. The van der Waals surface area contributed by atoms with E-state index in [0.29, 0.717) is 0 Å². The molecule has 37 heavy (non-hydrogen) atoms. The summed E-state index contributed by atoms with van der Waals surface area (Å²) in [5.41, 5.74) is 0.729. The number of rotatable bonds is 8. The summed E-state index contributed by atoms with van der Waals surface area (Å²) in [5.74, 6) is -3.48. The number of halogens is 2. The van der Waals surface area contributed by atoms with Gasteiger partial charge in [0.2, 0.25) is 0 Å². The van der Waals surface area contributed by atoms with Crippen molar-refractivity contribution in [3.63, 3.8) is 0 Å². The molecule has 0 aromatic heterocycles. The predicted molar refractivity (Wildman–Crippen MR) is 125 cm³/mol. The van der Waals surface area contributed by atoms with E-state index in [1.54, 1.807) is 18.2 Å². The van der Waals surface area contributed by atoms with Crippen LogP contribution in [-0.2, 0) is 14.3 Å². The van der Waals surface area contributed by atoms with Gasteiger partial charge in [-0.05, 0) is 24.3 Å². The van der Waals surface area contributed by atoms with Crippen LogP contribution in [0, 0.1) is 0 Å². The highest BCUT2D eigenvalue weighted by Crippen LogP contribution is 2.31. The molecule has 4 rings (SSSR count). The third-order valence-corrected chi connectivity index (χ3v) is 5.31. The molecule has 0 radical (unpaired) electrons. The Morgan fingerprint density at radius 1 is 0.838 bits per heavy atom. The number of ether oxygens (including phenoxy) is 2. The summed E-state index contributed by atoms with van der Waals surface area (Å²) in [6, 6.07) is 15.8. The van der Waals surface area contributed by atoms with Crippen LogP contribution >= 0.6 is 0 Å². The van der Waals surface area contributed by atoms with E-state index in [0.717, 1.165) is 6.07 Å². The number of alkyl halides is 2. The third kappa shape index (κ3) is 5.67. The van der Waals surface area contributed by atoms with Crippen LogP contribution < -0.4 is 15.4 Å². The summed E-state index contributed by atoms with van der Waals surface area (Å²) in [5, 5.41) is 4.71. The first-order valence-corrected chi connectivity index (χ1v) is 10.8. The molecule has 188 valence electrons. The van der Waals surface area contributed by atoms with Crippen LogP contribution in [0.3, 0.4) is 0 Å². The molecule has 0 saturated heterocycles. The van der Waals surface area contributed by atoms with E-state index in [1.807, 2.05) is 0 Å². The number of carbonyl (C=O) groups is 5. The summed E-state index contributed by atoms with van der Waals surface area (Å²) >= 11 is 0. The van der Waals surface area contributed by atoms with Crippen molar-refractivity contribution in [1.29, 1.82) is 0 Å². The van der Waals surface area contributed by atoms with Crippen molar-refractivity contribution in [2.24, 2.45) is 0 Å². The van der Waals surface area contributed by atoms with Crippen LogP contribution in [-0.4, -0.2) is 49.1 Å². The van der Waals surface area contributed by atoms with Gasteiger partial charge < -0.3 is 20.1 Å². The van der Waals surface area contributed by atoms with Gasteiger partial charge in [-0.1, -0.05) is 42.5 Å². The second-order valence-electron chi connectivity index (χ2n) is 7.73. The molecule has 0 atom stereocenters. The van der Waals surface area contributed by atoms with E-state index in [4.69, 9.17) is 4.74 Å². The Labute approximate surface area is 208 Å². The van der Waals surface area contributed by atoms with E-state index in [2.05, 4.69) is 15.4 Å². The summed E-state index contributed by atoms with van der Waals surface area (Å²) in [7, 11) is 0. The number of benzene rings is 3. The van der Waals surface area contributed by atoms with Crippen molar-refractivity contribution in [3.8, 4) is 5.75 Å². The van der Waals surface area contributed by atoms with Gasteiger partial charge in [0.1, 0.15) is 12.3 Å². The number of hydrogen-bond acceptors (Lipinski definition) is 7. The van der Waals surface area contributed by atoms with Crippen molar-refractivity contribution in [3.05, 3.63) is 94.5 Å². The highest BCUT2D eigenvalue weighted by molar-refractivity contribution is 6.30. The standard InChI is InChI=1S/C26H18F2N2O7/c27-26(28)37-15-6-3-5-14(11-15)25(35)29-12-21(32)36-13-20(31)30-19-10-4-9-18-22(19)24(34)17-8-2-1-7-16(17)23(18)33/h1-11,26H,12-13H2,(H,29,35)(H,30,31). The number of hydrogen-bond donors (Lipinski definition) is 2. The summed E-state index contributed by atoms with van der Waals surface area (Å²) in [6.07, 6.45) is 0. The summed E-state index contributed by atoms with van der Waals surface area (Å²) in [6.45, 7) is -4.39. The van der Waals surface area contributed by atoms with Gasteiger partial charge in [-0.3, -0.25) is 24.0 Å². The maximum atomic E-state index is 13.0. The monoisotopic (exact) mass is 508 g/mol. The molecule has 0 unspecified atom stereocenters. The Bertz CT molecular complexity index is 1420. The second kappa shape index (κ2) is 10.8. The molecule has 3 aromatic carbocycles. The van der Waals surface area contributed by atoms with Crippen molar-refractivity contribution >= 4 is 35.0 Å². The Balaban J connectivity index is 1.33. The lowest BCUT2D eigenvalue weighted by Crippen LogP contribution is -2.32. The van der Waals surface area contributed by atoms with E-state index >= 15 is 0 Å². The van der Waals surface area contributed by atoms with Crippen molar-refractivity contribution in [2.45, 2.75) is 6.61 Å². The van der Waals surface area contributed by atoms with E-state index in [-0.39, 0.29) is 45.0 Å². The smallest absolute Gasteiger partial charge is 0.387 e. The minimum Gasteiger partial charge on any atom is -0.454 e. The topological polar surface area (TPSA) is 128 Å². The lowest BCUT2D eigenvalue weighted by atomic mass is 9.83. The Kier molecular flexibility index (Phi) is 7.33. The van der Waals surface area contributed by atoms with Gasteiger partial charge >= 0.3 is 12.6 Å². The van der Waals surface area contributed by atoms with Gasteiger partial charge in [0.15, 0.2) is 18.2 Å². The molecule has 2 amide bonds. The maximum Gasteiger partial charge on any atom is 0.387 e. The summed E-state index contributed by atoms with van der Waals surface area (Å²) in [4.78, 5) is 62.3. The number of anilines is 1. The second-order valence-corrected chi connectivity index (χ2v) is 7.73. The molecule has 3 aromatic rings. The van der Waals surface area contributed by atoms with E-state index in [1.165, 1.54) is 42.5 Å². The van der Waals surface area contributed by atoms with Gasteiger partial charge in [0.25, 0.3) is 11.8 Å². The molecular weight excluding hydrogens is 490 g/mol. The maximum absolute atomic E-state index is 13.0. The first-order chi connectivity index (χ1) is 17.7. The zero-order valence-electron chi connectivity index (χ0n) is 19.0. The van der Waals surface area contributed by atoms with Crippen LogP contribution in [0.15, 0.2) is 66.7 Å². The van der Waals surface area contributed by atoms with Crippen LogP contribution in [0.5, 0.6) is 5.75 Å². The number of nitrogens with one attached hydrogen (secondary N) is 2. The molecule has 0 saturated carbocycles. The Morgan fingerprint density at radius 2 is 1.51 bits per heavy atom. The first kappa shape index (κ1) is 25.2. The van der Waals surface area contributed by atoms with Crippen LogP contribution in [0.2, 0.25) is 0 Å². The number of esters is 1. The zero-order chi connectivity index (χ0) is 26.5. The van der Waals surface area contributed by atoms with Crippen LogP contribution in [0.1, 0.15) is 42.2 Å². The van der Waals surface area contributed by atoms with Crippen LogP contribution in [0.4, 0.5) is 14.5 Å². The number of ketones is 2. The molecule has 2 N–H and O–H groups in total. The normalized spacial score (nSPS) is 11.9. The molecule has 11 heteroatoms. The fourth-order valence-electron chi connectivity index (χ4n) is 3.70. The molecular formula is C26H18F2N2O7. The molecule has 0 aliphatic heterocycles. The molecule has 9 nitrogen and oxygen atoms in total. The number of amides is 2. The summed E-state index contributed by atoms with van der Waals surface area (Å²) < 4.78 is 33.7. The number of fused-ring (bicyclic) bond motifs is 2. The zero-order valence-corrected chi connectivity index (χ0v) is 19.0. The van der Waals surface area contributed by atoms with Crippen LogP contribution in [0.25, 0.3) is 0 Å². The van der Waals surface area contributed by atoms with Crippen molar-refractivity contribution in [2.75, 3.05) is 18.5 Å². The molecule has 1 aliphatic rings. The van der Waals surface area contributed by atoms with Gasteiger partial charge in [0.05, 0.1) is 11.3 Å². The van der Waals surface area contributed by atoms with E-state index in [9.17, 15) is 32.8 Å². The van der Waals surface area contributed by atoms with Gasteiger partial charge in [0, 0.05) is 22.3 Å². The molecule has 0 bridgehead atoms. The van der Waals surface area contributed by atoms with Gasteiger partial charge in [-0.2, -0.15) is 8.78 Å². The first-order valence-electron chi connectivity index (χ1n) is 10.8. The Hall–Kier alpha value is -4.93. The lowest BCUT2D eigenvalue weighted by Gasteiger charge is -2.20. The lowest BCUT2D eigenvalue weighted by molar-refractivity contribution is -0.146. The largest absolute Gasteiger partial charge is 0.454 e. The third-order valence-electron chi connectivity index (χ3n) is 5.31. The minimum atomic E-state index is -3.06. The molecule has 0 spiro atoms.